The van der Waals surface area contributed by atoms with E-state index in [-0.39, 0.29) is 6.04 Å². The molecule has 12 heavy (non-hydrogen) atoms. The summed E-state index contributed by atoms with van der Waals surface area (Å²) < 4.78 is 0. The van der Waals surface area contributed by atoms with E-state index in [1.54, 1.807) is 0 Å². The van der Waals surface area contributed by atoms with Gasteiger partial charge in [0.25, 0.3) is 0 Å². The van der Waals surface area contributed by atoms with Crippen molar-refractivity contribution in [2.75, 3.05) is 6.54 Å². The Hall–Kier alpha value is -0.550. The van der Waals surface area contributed by atoms with E-state index in [0.29, 0.717) is 0 Å². The van der Waals surface area contributed by atoms with Gasteiger partial charge >= 0.3 is 0 Å². The zero-order chi connectivity index (χ0) is 8.39. The van der Waals surface area contributed by atoms with Crippen LogP contribution in [0.15, 0.2) is 0 Å². The predicted octanol–water partition coefficient (Wildman–Crippen LogP) is 1.68. The first-order valence-electron chi connectivity index (χ1n) is 5.03. The molecule has 0 amide bonds. The molecule has 3 atom stereocenters. The summed E-state index contributed by atoms with van der Waals surface area (Å²) in [6, 6.07) is 2.47. The molecule has 1 aliphatic heterocycles. The van der Waals surface area contributed by atoms with E-state index in [9.17, 15) is 0 Å². The summed E-state index contributed by atoms with van der Waals surface area (Å²) in [5, 5.41) is 12.1. The number of fused-ring (bicyclic) bond motifs is 1. The van der Waals surface area contributed by atoms with Crippen LogP contribution in [0.4, 0.5) is 0 Å². The van der Waals surface area contributed by atoms with Gasteiger partial charge in [0.1, 0.15) is 0 Å². The molecule has 1 heterocycles. The lowest BCUT2D eigenvalue weighted by Gasteiger charge is -2.37. The summed E-state index contributed by atoms with van der Waals surface area (Å²) >= 11 is 0. The van der Waals surface area contributed by atoms with Crippen LogP contribution in [0, 0.1) is 23.2 Å². The fraction of sp³-hybridized carbons (Fsp3) is 0.900. The van der Waals surface area contributed by atoms with E-state index in [0.717, 1.165) is 24.8 Å². The third-order valence-electron chi connectivity index (χ3n) is 3.39. The average Bonchev–Trinajstić information content (AvgIpc) is 2.17. The normalized spacial score (nSPS) is 41.4. The third-order valence-corrected chi connectivity index (χ3v) is 3.39. The van der Waals surface area contributed by atoms with Gasteiger partial charge in [0.15, 0.2) is 0 Å². The fourth-order valence-corrected chi connectivity index (χ4v) is 2.64. The molecule has 2 aliphatic rings. The highest BCUT2D eigenvalue weighted by Gasteiger charge is 2.31. The Balaban J connectivity index is 1.95. The molecule has 2 nitrogen and oxygen atoms in total. The van der Waals surface area contributed by atoms with Gasteiger partial charge in [-0.3, -0.25) is 0 Å². The Morgan fingerprint density at radius 3 is 2.67 bits per heavy atom. The SMILES string of the molecule is N#CC1CC2CCCCC2CN1. The third kappa shape index (κ3) is 1.47. The molecular weight excluding hydrogens is 148 g/mol. The van der Waals surface area contributed by atoms with E-state index in [1.165, 1.54) is 25.7 Å². The number of nitrogens with one attached hydrogen (secondary N) is 1. The van der Waals surface area contributed by atoms with Crippen LogP contribution in [0.1, 0.15) is 32.1 Å². The van der Waals surface area contributed by atoms with E-state index in [1.807, 2.05) is 0 Å². The first-order valence-corrected chi connectivity index (χ1v) is 5.03. The van der Waals surface area contributed by atoms with Crippen molar-refractivity contribution in [2.45, 2.75) is 38.1 Å². The van der Waals surface area contributed by atoms with Crippen molar-refractivity contribution in [1.29, 1.82) is 5.26 Å². The van der Waals surface area contributed by atoms with Gasteiger partial charge in [-0.15, -0.1) is 0 Å². The molecule has 1 N–H and O–H groups in total. The number of rotatable bonds is 0. The Bertz CT molecular complexity index is 195. The van der Waals surface area contributed by atoms with Crippen LogP contribution in [0.25, 0.3) is 0 Å². The van der Waals surface area contributed by atoms with Crippen LogP contribution in [0.3, 0.4) is 0 Å². The summed E-state index contributed by atoms with van der Waals surface area (Å²) in [6.45, 7) is 1.09. The van der Waals surface area contributed by atoms with Gasteiger partial charge in [0, 0.05) is 0 Å². The first kappa shape index (κ1) is 8.07. The second kappa shape index (κ2) is 3.45. The largest absolute Gasteiger partial charge is 0.302 e. The van der Waals surface area contributed by atoms with Crippen molar-refractivity contribution in [2.24, 2.45) is 11.8 Å². The van der Waals surface area contributed by atoms with Gasteiger partial charge in [-0.05, 0) is 31.2 Å². The van der Waals surface area contributed by atoms with Crippen molar-refractivity contribution in [3.63, 3.8) is 0 Å². The summed E-state index contributed by atoms with van der Waals surface area (Å²) in [6.07, 6.45) is 6.64. The molecule has 66 valence electrons. The summed E-state index contributed by atoms with van der Waals surface area (Å²) in [5.74, 6) is 1.73. The summed E-state index contributed by atoms with van der Waals surface area (Å²) in [5.41, 5.74) is 0. The minimum Gasteiger partial charge on any atom is -0.302 e. The Labute approximate surface area is 74.0 Å². The quantitative estimate of drug-likeness (QED) is 0.591. The van der Waals surface area contributed by atoms with Gasteiger partial charge in [0.2, 0.25) is 0 Å². The van der Waals surface area contributed by atoms with Gasteiger partial charge in [-0.2, -0.15) is 5.26 Å². The van der Waals surface area contributed by atoms with E-state index in [4.69, 9.17) is 5.26 Å². The van der Waals surface area contributed by atoms with Crippen LogP contribution in [0.5, 0.6) is 0 Å². The van der Waals surface area contributed by atoms with Crippen LogP contribution in [-0.4, -0.2) is 12.6 Å². The molecule has 0 bridgehead atoms. The number of hydrogen-bond acceptors (Lipinski definition) is 2. The zero-order valence-electron chi connectivity index (χ0n) is 7.42. The van der Waals surface area contributed by atoms with Crippen molar-refractivity contribution in [1.82, 2.24) is 5.32 Å². The highest BCUT2D eigenvalue weighted by atomic mass is 14.9. The van der Waals surface area contributed by atoms with Gasteiger partial charge in [0.05, 0.1) is 12.1 Å². The summed E-state index contributed by atoms with van der Waals surface area (Å²) in [4.78, 5) is 0. The maximum absolute atomic E-state index is 8.77. The van der Waals surface area contributed by atoms with Crippen LogP contribution in [-0.2, 0) is 0 Å². The maximum Gasteiger partial charge on any atom is 0.0955 e. The molecule has 0 aromatic heterocycles. The molecule has 2 heteroatoms. The Kier molecular flexibility index (Phi) is 2.32. The zero-order valence-corrected chi connectivity index (χ0v) is 7.42. The average molecular weight is 164 g/mol. The predicted molar refractivity (Wildman–Crippen MR) is 47.5 cm³/mol. The first-order chi connectivity index (χ1) is 5.90. The van der Waals surface area contributed by atoms with Crippen LogP contribution in [0.2, 0.25) is 0 Å². The maximum atomic E-state index is 8.77. The molecule has 0 aromatic rings. The van der Waals surface area contributed by atoms with Gasteiger partial charge in [-0.25, -0.2) is 0 Å². The second-order valence-electron chi connectivity index (χ2n) is 4.13. The van der Waals surface area contributed by atoms with E-state index < -0.39 is 0 Å². The lowest BCUT2D eigenvalue weighted by atomic mass is 9.74. The molecule has 0 radical (unpaired) electrons. The summed E-state index contributed by atoms with van der Waals surface area (Å²) in [7, 11) is 0. The topological polar surface area (TPSA) is 35.8 Å². The molecular formula is C10H16N2. The molecule has 0 aromatic carbocycles. The molecule has 0 spiro atoms. The lowest BCUT2D eigenvalue weighted by molar-refractivity contribution is 0.169. The molecule has 3 unspecified atom stereocenters. The van der Waals surface area contributed by atoms with Crippen molar-refractivity contribution >= 4 is 0 Å². The second-order valence-corrected chi connectivity index (χ2v) is 4.13. The van der Waals surface area contributed by atoms with Crippen LogP contribution >= 0.6 is 0 Å². The fourth-order valence-electron chi connectivity index (χ4n) is 2.64. The number of hydrogen-bond donors (Lipinski definition) is 1. The van der Waals surface area contributed by atoms with Gasteiger partial charge in [-0.1, -0.05) is 19.3 Å². The highest BCUT2D eigenvalue weighted by molar-refractivity contribution is 4.97. The minimum atomic E-state index is 0.143. The van der Waals surface area contributed by atoms with Crippen molar-refractivity contribution in [3.05, 3.63) is 0 Å². The molecule has 1 saturated heterocycles. The number of nitriles is 1. The molecule has 1 aliphatic carbocycles. The van der Waals surface area contributed by atoms with Crippen molar-refractivity contribution in [3.8, 4) is 6.07 Å². The van der Waals surface area contributed by atoms with E-state index in [2.05, 4.69) is 11.4 Å². The smallest absolute Gasteiger partial charge is 0.0955 e. The number of piperidine rings is 1. The Morgan fingerprint density at radius 2 is 1.92 bits per heavy atom. The van der Waals surface area contributed by atoms with Gasteiger partial charge < -0.3 is 5.32 Å². The van der Waals surface area contributed by atoms with Crippen molar-refractivity contribution < 1.29 is 0 Å². The van der Waals surface area contributed by atoms with Crippen LogP contribution < -0.4 is 5.32 Å². The molecule has 2 fully saturated rings. The Morgan fingerprint density at radius 1 is 1.17 bits per heavy atom. The standard InChI is InChI=1S/C10H16N2/c11-6-10-5-8-3-1-2-4-9(8)7-12-10/h8-10,12H,1-5,7H2. The molecule has 2 rings (SSSR count). The van der Waals surface area contributed by atoms with E-state index >= 15 is 0 Å². The highest BCUT2D eigenvalue weighted by Crippen LogP contribution is 2.34. The molecule has 1 saturated carbocycles. The monoisotopic (exact) mass is 164 g/mol. The minimum absolute atomic E-state index is 0.143. The lowest BCUT2D eigenvalue weighted by Crippen LogP contribution is -2.44. The number of nitrogens with zero attached hydrogens (tertiary/aromatic N) is 1.